The fourth-order valence-electron chi connectivity index (χ4n) is 2.30. The van der Waals surface area contributed by atoms with Gasteiger partial charge in [-0.05, 0) is 25.0 Å². The highest BCUT2D eigenvalue weighted by atomic mass is 15.2. The maximum Gasteiger partial charge on any atom is 0.0621 e. The van der Waals surface area contributed by atoms with Crippen molar-refractivity contribution in [1.82, 2.24) is 0 Å². The molecule has 0 amide bonds. The van der Waals surface area contributed by atoms with E-state index < -0.39 is 0 Å². The van der Waals surface area contributed by atoms with Crippen LogP contribution in [0, 0.1) is 11.3 Å². The van der Waals surface area contributed by atoms with Gasteiger partial charge in [-0.2, -0.15) is 5.26 Å². The Balaban J connectivity index is 2.01. The van der Waals surface area contributed by atoms with Crippen LogP contribution in [0.4, 0.5) is 11.4 Å². The SMILES string of the molecule is CN1CCN(CCCCC#N)c2ccccc21. The predicted molar refractivity (Wildman–Crippen MR) is 71.4 cm³/mol. The Labute approximate surface area is 103 Å². The number of unbranched alkanes of at least 4 members (excludes halogenated alkanes) is 2. The van der Waals surface area contributed by atoms with Gasteiger partial charge in [0.1, 0.15) is 0 Å². The fourth-order valence-corrected chi connectivity index (χ4v) is 2.30. The van der Waals surface area contributed by atoms with Crippen LogP contribution >= 0.6 is 0 Å². The van der Waals surface area contributed by atoms with Crippen molar-refractivity contribution in [3.05, 3.63) is 24.3 Å². The molecule has 90 valence electrons. The predicted octanol–water partition coefficient (Wildman–Crippen LogP) is 2.64. The van der Waals surface area contributed by atoms with E-state index in [4.69, 9.17) is 5.26 Å². The summed E-state index contributed by atoms with van der Waals surface area (Å²) in [6.07, 6.45) is 2.78. The van der Waals surface area contributed by atoms with Gasteiger partial charge in [-0.25, -0.2) is 0 Å². The Hall–Kier alpha value is -1.69. The van der Waals surface area contributed by atoms with Gasteiger partial charge in [-0.3, -0.25) is 0 Å². The Kier molecular flexibility index (Phi) is 3.87. The normalized spacial score (nSPS) is 14.4. The van der Waals surface area contributed by atoms with E-state index in [2.05, 4.69) is 47.2 Å². The van der Waals surface area contributed by atoms with Gasteiger partial charge in [0.05, 0.1) is 17.4 Å². The van der Waals surface area contributed by atoms with E-state index in [0.29, 0.717) is 6.42 Å². The molecule has 0 unspecified atom stereocenters. The van der Waals surface area contributed by atoms with Crippen LogP contribution in [-0.2, 0) is 0 Å². The largest absolute Gasteiger partial charge is 0.371 e. The molecule has 1 aliphatic heterocycles. The molecular formula is C14H19N3. The summed E-state index contributed by atoms with van der Waals surface area (Å²) in [5.41, 5.74) is 2.65. The van der Waals surface area contributed by atoms with Crippen molar-refractivity contribution < 1.29 is 0 Å². The zero-order chi connectivity index (χ0) is 12.1. The third-order valence-electron chi connectivity index (χ3n) is 3.31. The first kappa shape index (κ1) is 11.8. The molecule has 0 bridgehead atoms. The molecule has 0 aliphatic carbocycles. The van der Waals surface area contributed by atoms with Gasteiger partial charge >= 0.3 is 0 Å². The summed E-state index contributed by atoms with van der Waals surface area (Å²) >= 11 is 0. The van der Waals surface area contributed by atoms with Crippen molar-refractivity contribution in [2.24, 2.45) is 0 Å². The van der Waals surface area contributed by atoms with E-state index in [0.717, 1.165) is 32.5 Å². The Morgan fingerprint density at radius 3 is 2.71 bits per heavy atom. The van der Waals surface area contributed by atoms with Crippen LogP contribution in [-0.4, -0.2) is 26.7 Å². The molecule has 3 heteroatoms. The first-order valence-electron chi connectivity index (χ1n) is 6.25. The summed E-state index contributed by atoms with van der Waals surface area (Å²) in [5.74, 6) is 0. The minimum atomic E-state index is 0.676. The molecule has 0 saturated carbocycles. The van der Waals surface area contributed by atoms with Gasteiger partial charge in [0.25, 0.3) is 0 Å². The minimum absolute atomic E-state index is 0.676. The van der Waals surface area contributed by atoms with Crippen LogP contribution in [0.3, 0.4) is 0 Å². The van der Waals surface area contributed by atoms with Crippen LogP contribution < -0.4 is 9.80 Å². The van der Waals surface area contributed by atoms with Crippen LogP contribution in [0.15, 0.2) is 24.3 Å². The van der Waals surface area contributed by atoms with Gasteiger partial charge in [0.15, 0.2) is 0 Å². The maximum absolute atomic E-state index is 8.53. The second kappa shape index (κ2) is 5.58. The molecule has 17 heavy (non-hydrogen) atoms. The van der Waals surface area contributed by atoms with E-state index in [-0.39, 0.29) is 0 Å². The standard InChI is InChI=1S/C14H19N3/c1-16-11-12-17(10-6-2-5-9-15)14-8-4-3-7-13(14)16/h3-4,7-8H,2,5-6,10-12H2,1H3. The van der Waals surface area contributed by atoms with Gasteiger partial charge < -0.3 is 9.80 Å². The van der Waals surface area contributed by atoms with Crippen molar-refractivity contribution in [3.8, 4) is 6.07 Å². The third kappa shape index (κ3) is 2.71. The molecule has 0 aromatic heterocycles. The monoisotopic (exact) mass is 229 g/mol. The zero-order valence-corrected chi connectivity index (χ0v) is 10.4. The summed E-state index contributed by atoms with van der Waals surface area (Å²) in [7, 11) is 2.14. The first-order chi connectivity index (χ1) is 8.33. The number of hydrogen-bond donors (Lipinski definition) is 0. The lowest BCUT2D eigenvalue weighted by Gasteiger charge is -2.37. The van der Waals surface area contributed by atoms with Crippen molar-refractivity contribution in [3.63, 3.8) is 0 Å². The third-order valence-corrected chi connectivity index (χ3v) is 3.31. The number of rotatable bonds is 4. The molecule has 0 fully saturated rings. The van der Waals surface area contributed by atoms with Crippen molar-refractivity contribution in [2.75, 3.05) is 36.5 Å². The zero-order valence-electron chi connectivity index (χ0n) is 10.4. The number of likely N-dealkylation sites (N-methyl/N-ethyl adjacent to an activating group) is 1. The average molecular weight is 229 g/mol. The molecule has 0 atom stereocenters. The smallest absolute Gasteiger partial charge is 0.0621 e. The number of para-hydroxylation sites is 2. The van der Waals surface area contributed by atoms with Gasteiger partial charge in [-0.15, -0.1) is 0 Å². The number of nitrogens with zero attached hydrogens (tertiary/aromatic N) is 3. The molecule has 0 N–H and O–H groups in total. The highest BCUT2D eigenvalue weighted by Gasteiger charge is 2.18. The van der Waals surface area contributed by atoms with Crippen molar-refractivity contribution in [2.45, 2.75) is 19.3 Å². The Bertz CT molecular complexity index is 408. The molecule has 1 aromatic rings. The summed E-state index contributed by atoms with van der Waals surface area (Å²) in [5, 5.41) is 8.53. The molecular weight excluding hydrogens is 210 g/mol. The van der Waals surface area contributed by atoms with Gasteiger partial charge in [0.2, 0.25) is 0 Å². The number of benzene rings is 1. The van der Waals surface area contributed by atoms with Crippen LogP contribution in [0.1, 0.15) is 19.3 Å². The topological polar surface area (TPSA) is 30.3 Å². The molecule has 1 aliphatic rings. The van der Waals surface area contributed by atoms with Crippen LogP contribution in [0.2, 0.25) is 0 Å². The van der Waals surface area contributed by atoms with Crippen LogP contribution in [0.5, 0.6) is 0 Å². The molecule has 1 aromatic carbocycles. The summed E-state index contributed by atoms with van der Waals surface area (Å²) in [6.45, 7) is 3.22. The van der Waals surface area contributed by atoms with E-state index in [1.54, 1.807) is 0 Å². The van der Waals surface area contributed by atoms with E-state index in [1.165, 1.54) is 11.4 Å². The fraction of sp³-hybridized carbons (Fsp3) is 0.500. The first-order valence-corrected chi connectivity index (χ1v) is 6.25. The second-order valence-electron chi connectivity index (χ2n) is 4.51. The quantitative estimate of drug-likeness (QED) is 0.743. The minimum Gasteiger partial charge on any atom is -0.371 e. The molecule has 1 heterocycles. The average Bonchev–Trinajstić information content (AvgIpc) is 2.37. The van der Waals surface area contributed by atoms with Crippen LogP contribution in [0.25, 0.3) is 0 Å². The summed E-state index contributed by atoms with van der Waals surface area (Å²) in [6, 6.07) is 10.8. The van der Waals surface area contributed by atoms with Gasteiger partial charge in [-0.1, -0.05) is 12.1 Å². The molecule has 2 rings (SSSR count). The second-order valence-corrected chi connectivity index (χ2v) is 4.51. The van der Waals surface area contributed by atoms with E-state index in [1.807, 2.05) is 0 Å². The Morgan fingerprint density at radius 2 is 1.94 bits per heavy atom. The highest BCUT2D eigenvalue weighted by molar-refractivity contribution is 5.72. The maximum atomic E-state index is 8.53. The summed E-state index contributed by atoms with van der Waals surface area (Å²) in [4.78, 5) is 4.74. The molecule has 0 saturated heterocycles. The van der Waals surface area contributed by atoms with E-state index in [9.17, 15) is 0 Å². The number of nitriles is 1. The highest BCUT2D eigenvalue weighted by Crippen LogP contribution is 2.31. The Morgan fingerprint density at radius 1 is 1.18 bits per heavy atom. The van der Waals surface area contributed by atoms with E-state index >= 15 is 0 Å². The van der Waals surface area contributed by atoms with Crippen molar-refractivity contribution >= 4 is 11.4 Å². The molecule has 0 radical (unpaired) electrons. The number of anilines is 2. The lowest BCUT2D eigenvalue weighted by molar-refractivity contribution is 0.673. The summed E-state index contributed by atoms with van der Waals surface area (Å²) < 4.78 is 0. The number of fused-ring (bicyclic) bond motifs is 1. The lowest BCUT2D eigenvalue weighted by Crippen LogP contribution is -2.39. The van der Waals surface area contributed by atoms with Gasteiger partial charge in [0, 0.05) is 33.1 Å². The molecule has 0 spiro atoms. The lowest BCUT2D eigenvalue weighted by atomic mass is 10.1. The number of hydrogen-bond acceptors (Lipinski definition) is 3. The molecule has 3 nitrogen and oxygen atoms in total. The van der Waals surface area contributed by atoms with Crippen molar-refractivity contribution in [1.29, 1.82) is 5.26 Å².